The molecule has 0 aliphatic carbocycles. The molecule has 2 rings (SSSR count). The van der Waals surface area contributed by atoms with E-state index in [4.69, 9.17) is 16.3 Å². The van der Waals surface area contributed by atoms with Crippen LogP contribution in [0.1, 0.15) is 35.7 Å². The van der Waals surface area contributed by atoms with E-state index in [0.717, 1.165) is 18.9 Å². The van der Waals surface area contributed by atoms with Crippen molar-refractivity contribution in [3.63, 3.8) is 0 Å². The van der Waals surface area contributed by atoms with Gasteiger partial charge >= 0.3 is 6.18 Å². The van der Waals surface area contributed by atoms with Gasteiger partial charge in [-0.05, 0) is 48.9 Å². The van der Waals surface area contributed by atoms with Crippen LogP contribution >= 0.6 is 11.6 Å². The smallest absolute Gasteiger partial charge is 0.418 e. The van der Waals surface area contributed by atoms with Gasteiger partial charge in [-0.25, -0.2) is 0 Å². The molecule has 0 saturated heterocycles. The average molecular weight is 398 g/mol. The highest BCUT2D eigenvalue weighted by atomic mass is 35.5. The molecule has 0 fully saturated rings. The Kier molecular flexibility index (Phi) is 7.30. The molecule has 0 aliphatic rings. The zero-order valence-electron chi connectivity index (χ0n) is 14.6. The number of rotatable bonds is 8. The maximum atomic E-state index is 13.0. The van der Waals surface area contributed by atoms with Crippen LogP contribution in [0, 0.1) is 0 Å². The number of hydrogen-bond acceptors (Lipinski definition) is 3. The van der Waals surface area contributed by atoms with E-state index in [1.807, 2.05) is 0 Å². The molecule has 0 heterocycles. The molecule has 27 heavy (non-hydrogen) atoms. The van der Waals surface area contributed by atoms with Gasteiger partial charge in [0.05, 0.1) is 17.9 Å². The number of ketones is 1. The van der Waals surface area contributed by atoms with Gasteiger partial charge < -0.3 is 10.1 Å². The summed E-state index contributed by atoms with van der Waals surface area (Å²) in [6, 6.07) is 9.97. The average Bonchev–Trinajstić information content (AvgIpc) is 2.63. The van der Waals surface area contributed by atoms with Crippen LogP contribution < -0.4 is 10.1 Å². The van der Waals surface area contributed by atoms with Crippen molar-refractivity contribution in [2.45, 2.75) is 25.9 Å². The van der Waals surface area contributed by atoms with Gasteiger partial charge in [0, 0.05) is 22.9 Å². The largest absolute Gasteiger partial charge is 0.494 e. The lowest BCUT2D eigenvalue weighted by Gasteiger charge is -2.12. The van der Waals surface area contributed by atoms with Gasteiger partial charge in [0.15, 0.2) is 5.78 Å². The summed E-state index contributed by atoms with van der Waals surface area (Å²) in [6.07, 6.45) is -0.245. The lowest BCUT2D eigenvalue weighted by atomic mass is 10.1. The standard InChI is InChI=1S/C20H19ClF3NO2/c1-2-3-12-27-16-7-4-14(5-8-16)19(26)10-11-25-18-9-6-15(21)13-17(18)20(22,23)24/h4-11,13,25H,2-3,12H2,1H3/b11-10+. The maximum Gasteiger partial charge on any atom is 0.418 e. The van der Waals surface area contributed by atoms with Gasteiger partial charge in [-0.15, -0.1) is 0 Å². The van der Waals surface area contributed by atoms with E-state index >= 15 is 0 Å². The summed E-state index contributed by atoms with van der Waals surface area (Å²) in [5.41, 5.74) is -0.681. The van der Waals surface area contributed by atoms with E-state index in [2.05, 4.69) is 12.2 Å². The molecule has 0 unspecified atom stereocenters. The number of benzene rings is 2. The number of carbonyl (C=O) groups is 1. The van der Waals surface area contributed by atoms with Gasteiger partial charge in [-0.2, -0.15) is 13.2 Å². The minimum Gasteiger partial charge on any atom is -0.494 e. The summed E-state index contributed by atoms with van der Waals surface area (Å²) in [7, 11) is 0. The van der Waals surface area contributed by atoms with Crippen LogP contribution in [0.5, 0.6) is 5.75 Å². The molecule has 0 saturated carbocycles. The molecule has 0 amide bonds. The molecule has 1 N–H and O–H groups in total. The molecular weight excluding hydrogens is 379 g/mol. The normalized spacial score (nSPS) is 11.6. The fraction of sp³-hybridized carbons (Fsp3) is 0.250. The zero-order chi connectivity index (χ0) is 19.9. The predicted octanol–water partition coefficient (Wildman–Crippen LogP) is 6.35. The molecule has 2 aromatic carbocycles. The number of alkyl halides is 3. The summed E-state index contributed by atoms with van der Waals surface area (Å²) >= 11 is 5.63. The third-order valence-corrected chi connectivity index (χ3v) is 3.90. The number of ether oxygens (including phenoxy) is 1. The van der Waals surface area contributed by atoms with Gasteiger partial charge in [-0.3, -0.25) is 4.79 Å². The Bertz CT molecular complexity index is 802. The van der Waals surface area contributed by atoms with Crippen molar-refractivity contribution >= 4 is 23.1 Å². The second-order valence-electron chi connectivity index (χ2n) is 5.76. The number of allylic oxidation sites excluding steroid dienone is 1. The Balaban J connectivity index is 2.01. The van der Waals surface area contributed by atoms with Crippen molar-refractivity contribution < 1.29 is 22.7 Å². The van der Waals surface area contributed by atoms with Crippen molar-refractivity contribution in [3.05, 3.63) is 70.9 Å². The first kappa shape index (κ1) is 20.8. The Morgan fingerprint density at radius 1 is 1.19 bits per heavy atom. The van der Waals surface area contributed by atoms with Crippen molar-refractivity contribution in [1.82, 2.24) is 0 Å². The Morgan fingerprint density at radius 3 is 2.52 bits per heavy atom. The Morgan fingerprint density at radius 2 is 1.89 bits per heavy atom. The van der Waals surface area contributed by atoms with Crippen LogP contribution in [-0.4, -0.2) is 12.4 Å². The minimum absolute atomic E-state index is 0.0193. The lowest BCUT2D eigenvalue weighted by Crippen LogP contribution is -2.08. The summed E-state index contributed by atoms with van der Waals surface area (Å²) in [5.74, 6) is 0.322. The van der Waals surface area contributed by atoms with Gasteiger partial charge in [0.1, 0.15) is 5.75 Å². The molecule has 2 aromatic rings. The molecule has 0 bridgehead atoms. The number of unbranched alkanes of at least 4 members (excludes halogenated alkanes) is 1. The summed E-state index contributed by atoms with van der Waals surface area (Å²) in [5, 5.41) is 2.47. The first-order valence-electron chi connectivity index (χ1n) is 8.38. The van der Waals surface area contributed by atoms with Crippen LogP contribution in [0.15, 0.2) is 54.7 Å². The molecule has 7 heteroatoms. The van der Waals surface area contributed by atoms with Gasteiger partial charge in [-0.1, -0.05) is 24.9 Å². The first-order valence-corrected chi connectivity index (χ1v) is 8.76. The molecule has 0 aromatic heterocycles. The highest BCUT2D eigenvalue weighted by Crippen LogP contribution is 2.36. The third-order valence-electron chi connectivity index (χ3n) is 3.67. The van der Waals surface area contributed by atoms with E-state index in [0.29, 0.717) is 17.9 Å². The van der Waals surface area contributed by atoms with E-state index in [1.165, 1.54) is 24.4 Å². The summed E-state index contributed by atoms with van der Waals surface area (Å²) in [6.45, 7) is 2.67. The lowest BCUT2D eigenvalue weighted by molar-refractivity contribution is -0.136. The topological polar surface area (TPSA) is 38.3 Å². The monoisotopic (exact) mass is 397 g/mol. The number of halogens is 4. The van der Waals surface area contributed by atoms with Crippen molar-refractivity contribution in [2.24, 2.45) is 0 Å². The summed E-state index contributed by atoms with van der Waals surface area (Å²) < 4.78 is 44.6. The predicted molar refractivity (Wildman–Crippen MR) is 100 cm³/mol. The second-order valence-corrected chi connectivity index (χ2v) is 6.19. The van der Waals surface area contributed by atoms with E-state index in [1.54, 1.807) is 24.3 Å². The van der Waals surface area contributed by atoms with Crippen LogP contribution in [0.2, 0.25) is 5.02 Å². The molecule has 0 radical (unpaired) electrons. The van der Waals surface area contributed by atoms with Crippen LogP contribution in [0.3, 0.4) is 0 Å². The molecular formula is C20H19ClF3NO2. The number of carbonyl (C=O) groups excluding carboxylic acids is 1. The van der Waals surface area contributed by atoms with Gasteiger partial charge in [0.25, 0.3) is 0 Å². The van der Waals surface area contributed by atoms with Crippen molar-refractivity contribution in [1.29, 1.82) is 0 Å². The number of anilines is 1. The maximum absolute atomic E-state index is 13.0. The molecule has 144 valence electrons. The first-order chi connectivity index (χ1) is 12.8. The third kappa shape index (κ3) is 6.32. The molecule has 0 atom stereocenters. The Hall–Kier alpha value is -2.47. The fourth-order valence-corrected chi connectivity index (χ4v) is 2.40. The SMILES string of the molecule is CCCCOc1ccc(C(=O)/C=C/Nc2ccc(Cl)cc2C(F)(F)F)cc1. The molecule has 0 aliphatic heterocycles. The quantitative estimate of drug-likeness (QED) is 0.320. The zero-order valence-corrected chi connectivity index (χ0v) is 15.4. The minimum atomic E-state index is -4.56. The van der Waals surface area contributed by atoms with Crippen molar-refractivity contribution in [3.8, 4) is 5.75 Å². The molecule has 3 nitrogen and oxygen atoms in total. The van der Waals surface area contributed by atoms with E-state index in [9.17, 15) is 18.0 Å². The van der Waals surface area contributed by atoms with Crippen LogP contribution in [-0.2, 0) is 6.18 Å². The van der Waals surface area contributed by atoms with E-state index < -0.39 is 11.7 Å². The highest BCUT2D eigenvalue weighted by Gasteiger charge is 2.33. The fourth-order valence-electron chi connectivity index (χ4n) is 2.23. The second kappa shape index (κ2) is 9.46. The van der Waals surface area contributed by atoms with Gasteiger partial charge in [0.2, 0.25) is 0 Å². The summed E-state index contributed by atoms with van der Waals surface area (Å²) in [4.78, 5) is 12.1. The van der Waals surface area contributed by atoms with Crippen LogP contribution in [0.25, 0.3) is 0 Å². The van der Waals surface area contributed by atoms with Crippen LogP contribution in [0.4, 0.5) is 18.9 Å². The number of hydrogen-bond donors (Lipinski definition) is 1. The Labute approximate surface area is 160 Å². The number of nitrogens with one attached hydrogen (secondary N) is 1. The van der Waals surface area contributed by atoms with E-state index in [-0.39, 0.29) is 16.5 Å². The van der Waals surface area contributed by atoms with Crippen molar-refractivity contribution in [2.75, 3.05) is 11.9 Å². The highest BCUT2D eigenvalue weighted by molar-refractivity contribution is 6.30. The molecule has 0 spiro atoms.